The van der Waals surface area contributed by atoms with Gasteiger partial charge in [-0.05, 0) is 149 Å². The van der Waals surface area contributed by atoms with Crippen molar-refractivity contribution in [2.24, 2.45) is 0 Å². The number of hydrogen-bond acceptors (Lipinski definition) is 9. The second kappa shape index (κ2) is 29.9. The highest BCUT2D eigenvalue weighted by Crippen LogP contribution is 2.51. The Bertz CT molecular complexity index is 5600. The van der Waals surface area contributed by atoms with Crippen LogP contribution >= 0.6 is 0 Å². The third kappa shape index (κ3) is 12.6. The number of piperazine rings is 2. The number of aryl methyl sites for hydroxylation is 6. The van der Waals surface area contributed by atoms with E-state index in [1.165, 1.54) is 181 Å². The molecule has 6 aromatic heterocycles. The Morgan fingerprint density at radius 3 is 1.12 bits per heavy atom. The molecule has 5 fully saturated rings. The Balaban J connectivity index is 0.000000117. The lowest BCUT2D eigenvalue weighted by Gasteiger charge is -2.32. The van der Waals surface area contributed by atoms with Gasteiger partial charge in [0.15, 0.2) is 0 Å². The maximum absolute atomic E-state index is 13.8. The van der Waals surface area contributed by atoms with Crippen LogP contribution in [0.15, 0.2) is 134 Å². The summed E-state index contributed by atoms with van der Waals surface area (Å²) in [7, 11) is 7.13. The fourth-order valence-corrected chi connectivity index (χ4v) is 20.7. The first kappa shape index (κ1) is 71.4. The van der Waals surface area contributed by atoms with E-state index in [9.17, 15) is 29.1 Å². The van der Waals surface area contributed by atoms with Gasteiger partial charge in [0.25, 0.3) is 11.8 Å². The summed E-state index contributed by atoms with van der Waals surface area (Å²) in [4.78, 5) is 72.9. The van der Waals surface area contributed by atoms with Gasteiger partial charge in [0.2, 0.25) is 0 Å². The van der Waals surface area contributed by atoms with Gasteiger partial charge in [-0.25, -0.2) is 14.4 Å². The van der Waals surface area contributed by atoms with Crippen molar-refractivity contribution in [2.75, 3.05) is 80.7 Å². The van der Waals surface area contributed by atoms with Crippen molar-refractivity contribution in [1.29, 1.82) is 0 Å². The number of esters is 2. The number of carboxylic acids is 1. The normalized spacial score (nSPS) is 18.1. The smallest absolute Gasteiger partial charge is 0.337 e. The highest BCUT2D eigenvalue weighted by Gasteiger charge is 2.36. The zero-order valence-corrected chi connectivity index (χ0v) is 64.3. The number of amides is 2. The summed E-state index contributed by atoms with van der Waals surface area (Å²) in [6, 6.07) is 39.8. The van der Waals surface area contributed by atoms with Crippen LogP contribution in [-0.2, 0) is 48.7 Å². The Morgan fingerprint density at radius 2 is 0.727 bits per heavy atom. The lowest BCUT2D eigenvalue weighted by molar-refractivity contribution is 0.0592. The van der Waals surface area contributed by atoms with E-state index in [1.807, 2.05) is 40.1 Å². The molecule has 18 nitrogen and oxygen atoms in total. The molecule has 0 bridgehead atoms. The van der Waals surface area contributed by atoms with Crippen molar-refractivity contribution >= 4 is 95.1 Å². The number of carbonyl (C=O) groups excluding carboxylic acids is 4. The molecule has 1 N–H and O–H groups in total. The highest BCUT2D eigenvalue weighted by atomic mass is 16.5. The zero-order chi connectivity index (χ0) is 75.0. The van der Waals surface area contributed by atoms with E-state index in [1.54, 1.807) is 6.07 Å². The van der Waals surface area contributed by atoms with Crippen LogP contribution in [0, 0.1) is 0 Å². The summed E-state index contributed by atoms with van der Waals surface area (Å²) in [5.74, 6) is 0.337. The Kier molecular flexibility index (Phi) is 19.4. The van der Waals surface area contributed by atoms with Crippen LogP contribution in [-0.4, -0.2) is 163 Å². The van der Waals surface area contributed by atoms with Crippen LogP contribution in [0.4, 0.5) is 0 Å². The monoisotopic (exact) mass is 1470 g/mol. The number of aromatic carboxylic acids is 1. The van der Waals surface area contributed by atoms with E-state index in [2.05, 4.69) is 149 Å². The minimum Gasteiger partial charge on any atom is -0.478 e. The number of likely N-dealkylation sites (N-methyl/N-ethyl adjacent to an activating group) is 2. The average molecular weight is 1480 g/mol. The molecule has 0 radical (unpaired) electrons. The average Bonchev–Trinajstić information content (AvgIpc) is 1.57. The van der Waals surface area contributed by atoms with E-state index in [-0.39, 0.29) is 23.8 Å². The molecule has 5 aliphatic heterocycles. The molecular formula is C92H102N10O8. The summed E-state index contributed by atoms with van der Waals surface area (Å²) >= 11 is 0. The first-order valence-electron chi connectivity index (χ1n) is 41.0. The Morgan fingerprint density at radius 1 is 0.364 bits per heavy atom. The summed E-state index contributed by atoms with van der Waals surface area (Å²) in [6.07, 6.45) is 28.1. The number of aromatic nitrogens is 6. The minimum absolute atomic E-state index is 0.127. The second-order valence-electron chi connectivity index (χ2n) is 32.6. The molecule has 18 heteroatoms. The topological polar surface area (TPSA) is 167 Å². The van der Waals surface area contributed by atoms with Gasteiger partial charge in [-0.3, -0.25) is 9.59 Å². The van der Waals surface area contributed by atoms with Crippen LogP contribution in [0.5, 0.6) is 0 Å². The first-order valence-corrected chi connectivity index (χ1v) is 41.0. The first-order chi connectivity index (χ1) is 53.8. The molecule has 0 unspecified atom stereocenters. The predicted octanol–water partition coefficient (Wildman–Crippen LogP) is 18.2. The van der Waals surface area contributed by atoms with Gasteiger partial charge in [-0.15, -0.1) is 0 Å². The van der Waals surface area contributed by atoms with Crippen molar-refractivity contribution < 1.29 is 38.6 Å². The molecule has 3 saturated carbocycles. The molecule has 2 saturated heterocycles. The summed E-state index contributed by atoms with van der Waals surface area (Å²) in [6.45, 7) is 12.0. The van der Waals surface area contributed by atoms with Crippen molar-refractivity contribution in [3.05, 3.63) is 178 Å². The number of fused-ring (bicyclic) bond motifs is 12. The molecule has 11 heterocycles. The van der Waals surface area contributed by atoms with Gasteiger partial charge in [0.05, 0.1) is 75.7 Å². The van der Waals surface area contributed by atoms with Crippen LogP contribution < -0.4 is 0 Å². The number of ether oxygens (including phenoxy) is 2. The van der Waals surface area contributed by atoms with Gasteiger partial charge in [0.1, 0.15) is 0 Å². The number of para-hydroxylation sites is 3. The molecule has 6 aromatic carbocycles. The fourth-order valence-electron chi connectivity index (χ4n) is 20.7. The maximum Gasteiger partial charge on any atom is 0.337 e. The van der Waals surface area contributed by atoms with E-state index in [4.69, 9.17) is 9.47 Å². The fraction of sp³-hybridized carbons (Fsp3) is 0.424. The molecule has 0 spiro atoms. The van der Waals surface area contributed by atoms with Gasteiger partial charge in [-0.2, -0.15) is 0 Å². The van der Waals surface area contributed by atoms with E-state index < -0.39 is 5.97 Å². The number of methoxy groups -OCH3 is 2. The molecule has 3 aliphatic carbocycles. The van der Waals surface area contributed by atoms with Gasteiger partial charge in [0, 0.05) is 176 Å². The molecule has 568 valence electrons. The van der Waals surface area contributed by atoms with Crippen LogP contribution in [0.25, 0.3) is 99.2 Å². The number of nitrogens with zero attached hydrogens (tertiary/aromatic N) is 10. The number of carboxylic acid groups (broad SMARTS) is 1. The number of benzene rings is 6. The highest BCUT2D eigenvalue weighted by molar-refractivity contribution is 6.13. The summed E-state index contributed by atoms with van der Waals surface area (Å²) < 4.78 is 24.5. The molecule has 8 aliphatic rings. The summed E-state index contributed by atoms with van der Waals surface area (Å²) in [5, 5.41) is 16.9. The van der Waals surface area contributed by atoms with E-state index >= 15 is 0 Å². The number of hydrogen-bond donors (Lipinski definition) is 1. The molecule has 0 atom stereocenters. The lowest BCUT2D eigenvalue weighted by Crippen LogP contribution is -2.47. The standard InChI is InChI=1S/C33H38N4O3.C32H36N4O3.C27H28N2O2/c1-34-16-18-35(19-17-34)32(38)27-21-36-14-7-15-37-28-20-23(33(39)40-2)12-13-25(28)29(22-8-4-3-5-9-22)31(37)26-11-6-10-24(27)30(26)36;1-33-15-17-34(18-16-33)31(37)26-20-35-13-6-14-36-27-19-22(32(38)39)11-12-24(27)28(21-7-3-2-4-8-21)30(36)25-10-5-9-23(26)29(25)35;1-31-27(30)20-11-12-21-23(17-20)29-15-6-14-28-16-13-19-9-5-10-22(25(19)28)26(29)24(21)18-7-3-2-4-8-18/h6,10-13,20-22H,3-5,7-9,14-19H2,1-2H3;5,9-12,19-21H,2-4,6-8,13-18H2,1H3,(H,38,39);5,9-13,16-18H,2-4,6-8,14-15H2,1H3. The predicted molar refractivity (Wildman–Crippen MR) is 436 cm³/mol. The third-order valence-electron chi connectivity index (χ3n) is 26.2. The maximum atomic E-state index is 13.8. The molecule has 2 amide bonds. The molecule has 110 heavy (non-hydrogen) atoms. The molecular weight excluding hydrogens is 1370 g/mol. The van der Waals surface area contributed by atoms with Crippen molar-refractivity contribution in [2.45, 2.75) is 173 Å². The van der Waals surface area contributed by atoms with Gasteiger partial charge >= 0.3 is 17.9 Å². The van der Waals surface area contributed by atoms with Crippen LogP contribution in [0.3, 0.4) is 0 Å². The lowest BCUT2D eigenvalue weighted by atomic mass is 9.81. The Hall–Kier alpha value is -10.2. The zero-order valence-electron chi connectivity index (χ0n) is 64.3. The Labute approximate surface area is 642 Å². The van der Waals surface area contributed by atoms with Crippen molar-refractivity contribution in [3.8, 4) is 33.8 Å². The SMILES string of the molecule is CN1CCN(C(=O)c2cn3c4c(cccc24)-c2c(C4CCCCC4)c4ccc(C(=O)O)cc4n2CCC3)CC1.COC(=O)c1ccc2c(C3CCCCC3)c3n(c2c1)CCCn1cc(C(=O)N2CCN(C)CC2)c2cccc-3c21.COC(=O)c1ccc2c(C3CCCCC3)c3n(c2c1)CCCn1ccc2cccc-3c21. The second-order valence-corrected chi connectivity index (χ2v) is 32.6. The number of carbonyl (C=O) groups is 5. The van der Waals surface area contributed by atoms with Gasteiger partial charge in [-0.1, -0.05) is 131 Å². The van der Waals surface area contributed by atoms with E-state index in [0.29, 0.717) is 34.4 Å². The van der Waals surface area contributed by atoms with Crippen LogP contribution in [0.1, 0.15) is 202 Å². The van der Waals surface area contributed by atoms with E-state index in [0.717, 1.165) is 168 Å². The van der Waals surface area contributed by atoms with Gasteiger partial charge < -0.3 is 61.6 Å². The largest absolute Gasteiger partial charge is 0.478 e. The summed E-state index contributed by atoms with van der Waals surface area (Å²) in [5.41, 5.74) is 22.0. The number of rotatable bonds is 8. The quantitative estimate of drug-likeness (QED) is 0.145. The molecule has 12 aromatic rings. The van der Waals surface area contributed by atoms with Crippen LogP contribution in [0.2, 0.25) is 0 Å². The van der Waals surface area contributed by atoms with Crippen molar-refractivity contribution in [1.82, 2.24) is 47.0 Å². The third-order valence-corrected chi connectivity index (χ3v) is 26.2. The molecule has 20 rings (SSSR count). The van der Waals surface area contributed by atoms with Crippen molar-refractivity contribution in [3.63, 3.8) is 0 Å². The minimum atomic E-state index is -0.888.